The van der Waals surface area contributed by atoms with Gasteiger partial charge in [-0.2, -0.15) is 0 Å². The molecule has 1 aromatic heterocycles. The summed E-state index contributed by atoms with van der Waals surface area (Å²) >= 11 is 0. The van der Waals surface area contributed by atoms with Crippen molar-refractivity contribution in [1.82, 2.24) is 10.3 Å². The average molecular weight is 265 g/mol. The number of nitrogens with zero attached hydrogens (tertiary/aromatic N) is 1. The van der Waals surface area contributed by atoms with E-state index >= 15 is 0 Å². The van der Waals surface area contributed by atoms with Crippen LogP contribution in [0.25, 0.3) is 10.9 Å². The Morgan fingerprint density at radius 3 is 2.89 bits per heavy atom. The lowest BCUT2D eigenvalue weighted by atomic mass is 10.1. The molecule has 0 aliphatic heterocycles. The smallest absolute Gasteiger partial charge is 0.296 e. The molecule has 1 amide bonds. The van der Waals surface area contributed by atoms with Gasteiger partial charge in [-0.15, -0.1) is 0 Å². The van der Waals surface area contributed by atoms with Gasteiger partial charge in [-0.1, -0.05) is 0 Å². The number of nitrogens with one attached hydrogen (secondary N) is 2. The number of fused-ring (bicyclic) bond motifs is 1. The molecule has 2 rings (SSSR count). The maximum absolute atomic E-state index is 13.4. The van der Waals surface area contributed by atoms with E-state index in [2.05, 4.69) is 10.3 Å². The molecule has 0 radical (unpaired) electrons. The molecule has 1 heterocycles. The average Bonchev–Trinajstić information content (AvgIpc) is 2.71. The summed E-state index contributed by atoms with van der Waals surface area (Å²) in [5.41, 5.74) is 0.733. The Morgan fingerprint density at radius 1 is 1.53 bits per heavy atom. The number of aromatic nitrogens is 1. The highest BCUT2D eigenvalue weighted by molar-refractivity contribution is 5.90. The van der Waals surface area contributed by atoms with Crippen molar-refractivity contribution in [3.63, 3.8) is 0 Å². The van der Waals surface area contributed by atoms with Gasteiger partial charge in [-0.25, -0.2) is 4.39 Å². The normalized spacial score (nSPS) is 10.6. The highest BCUT2D eigenvalue weighted by Gasteiger charge is 2.17. The monoisotopic (exact) mass is 265 g/mol. The number of non-ortho nitro benzene ring substituents is 1. The number of hydrogen-bond acceptors (Lipinski definition) is 3. The number of H-pyrrole nitrogens is 1. The number of halogens is 1. The number of aromatic amines is 1. The standard InChI is InChI=1S/C12H12FN3O3/c1-7(17)14-3-2-8-6-15-12-10(8)4-9(13)5-11(12)16(18)19/h4-6,15H,2-3H2,1H3,(H,14,17). The molecule has 0 saturated carbocycles. The molecule has 6 nitrogen and oxygen atoms in total. The van der Waals surface area contributed by atoms with Crippen LogP contribution in [0.15, 0.2) is 18.3 Å². The van der Waals surface area contributed by atoms with Crippen LogP contribution in [-0.2, 0) is 11.2 Å². The fourth-order valence-corrected chi connectivity index (χ4v) is 1.96. The molecule has 0 bridgehead atoms. The molecule has 2 aromatic rings. The van der Waals surface area contributed by atoms with Crippen molar-refractivity contribution in [2.45, 2.75) is 13.3 Å². The van der Waals surface area contributed by atoms with Crippen molar-refractivity contribution in [3.8, 4) is 0 Å². The minimum absolute atomic E-state index is 0.156. The third kappa shape index (κ3) is 2.70. The molecule has 0 spiro atoms. The van der Waals surface area contributed by atoms with Crippen LogP contribution in [0.3, 0.4) is 0 Å². The summed E-state index contributed by atoms with van der Waals surface area (Å²) in [6, 6.07) is 2.14. The van der Waals surface area contributed by atoms with E-state index < -0.39 is 10.7 Å². The van der Waals surface area contributed by atoms with Gasteiger partial charge in [0.15, 0.2) is 0 Å². The number of amides is 1. The zero-order chi connectivity index (χ0) is 14.0. The maximum Gasteiger partial charge on any atom is 0.296 e. The third-order valence-electron chi connectivity index (χ3n) is 2.78. The van der Waals surface area contributed by atoms with Crippen LogP contribution >= 0.6 is 0 Å². The van der Waals surface area contributed by atoms with Crippen LogP contribution in [0.2, 0.25) is 0 Å². The zero-order valence-electron chi connectivity index (χ0n) is 10.2. The van der Waals surface area contributed by atoms with Crippen LogP contribution in [0.5, 0.6) is 0 Å². The Hall–Kier alpha value is -2.44. The lowest BCUT2D eigenvalue weighted by molar-refractivity contribution is -0.383. The van der Waals surface area contributed by atoms with Gasteiger partial charge >= 0.3 is 0 Å². The maximum atomic E-state index is 13.4. The summed E-state index contributed by atoms with van der Waals surface area (Å²) in [7, 11) is 0. The number of rotatable bonds is 4. The molecule has 0 unspecified atom stereocenters. The zero-order valence-corrected chi connectivity index (χ0v) is 10.2. The summed E-state index contributed by atoms with van der Waals surface area (Å²) in [4.78, 5) is 23.8. The van der Waals surface area contributed by atoms with Gasteiger partial charge in [0.2, 0.25) is 5.91 Å². The molecule has 7 heteroatoms. The minimum Gasteiger partial charge on any atom is -0.356 e. The minimum atomic E-state index is -0.653. The quantitative estimate of drug-likeness (QED) is 0.653. The van der Waals surface area contributed by atoms with Gasteiger partial charge in [0.25, 0.3) is 5.69 Å². The van der Waals surface area contributed by atoms with Crippen molar-refractivity contribution in [1.29, 1.82) is 0 Å². The second-order valence-electron chi connectivity index (χ2n) is 4.15. The van der Waals surface area contributed by atoms with Crippen molar-refractivity contribution in [2.24, 2.45) is 0 Å². The van der Waals surface area contributed by atoms with Crippen molar-refractivity contribution < 1.29 is 14.1 Å². The SMILES string of the molecule is CC(=O)NCCc1c[nH]c2c([N+](=O)[O-])cc(F)cc12. The number of hydrogen-bond donors (Lipinski definition) is 2. The Morgan fingerprint density at radius 2 is 2.26 bits per heavy atom. The largest absolute Gasteiger partial charge is 0.356 e. The topological polar surface area (TPSA) is 88.0 Å². The van der Waals surface area contributed by atoms with Gasteiger partial charge in [0, 0.05) is 25.1 Å². The Labute approximate surface area is 107 Å². The third-order valence-corrected chi connectivity index (χ3v) is 2.78. The van der Waals surface area contributed by atoms with Gasteiger partial charge < -0.3 is 10.3 Å². The molecule has 100 valence electrons. The van der Waals surface area contributed by atoms with Crippen molar-refractivity contribution in [3.05, 3.63) is 39.8 Å². The molecule has 0 saturated heterocycles. The molecule has 1 aromatic carbocycles. The van der Waals surface area contributed by atoms with E-state index in [0.29, 0.717) is 23.9 Å². The van der Waals surface area contributed by atoms with Gasteiger partial charge in [0.05, 0.1) is 11.0 Å². The van der Waals surface area contributed by atoms with Crippen LogP contribution in [0.4, 0.5) is 10.1 Å². The Kier molecular flexibility index (Phi) is 3.46. The fraction of sp³-hybridized carbons (Fsp3) is 0.250. The first kappa shape index (κ1) is 13.0. The first-order valence-corrected chi connectivity index (χ1v) is 5.67. The highest BCUT2D eigenvalue weighted by Crippen LogP contribution is 2.28. The molecule has 2 N–H and O–H groups in total. The predicted octanol–water partition coefficient (Wildman–Crippen LogP) is 1.89. The Balaban J connectivity index is 2.37. The first-order valence-electron chi connectivity index (χ1n) is 5.67. The number of nitro benzene ring substituents is 1. The van der Waals surface area contributed by atoms with Crippen molar-refractivity contribution in [2.75, 3.05) is 6.54 Å². The van der Waals surface area contributed by atoms with Crippen LogP contribution in [0.1, 0.15) is 12.5 Å². The number of carbonyl (C=O) groups excluding carboxylic acids is 1. The van der Waals surface area contributed by atoms with Crippen LogP contribution in [-0.4, -0.2) is 22.4 Å². The van der Waals surface area contributed by atoms with E-state index in [0.717, 1.165) is 11.6 Å². The van der Waals surface area contributed by atoms with Crippen molar-refractivity contribution >= 4 is 22.5 Å². The highest BCUT2D eigenvalue weighted by atomic mass is 19.1. The van der Waals surface area contributed by atoms with Gasteiger partial charge in [-0.3, -0.25) is 14.9 Å². The van der Waals surface area contributed by atoms with E-state index in [1.165, 1.54) is 13.0 Å². The molecule has 0 fully saturated rings. The van der Waals surface area contributed by atoms with E-state index in [4.69, 9.17) is 0 Å². The number of benzene rings is 1. The first-order chi connectivity index (χ1) is 8.99. The second kappa shape index (κ2) is 5.05. The number of carbonyl (C=O) groups is 1. The van der Waals surface area contributed by atoms with Crippen LogP contribution < -0.4 is 5.32 Å². The second-order valence-corrected chi connectivity index (χ2v) is 4.15. The predicted molar refractivity (Wildman–Crippen MR) is 67.3 cm³/mol. The van der Waals surface area contributed by atoms with E-state index in [9.17, 15) is 19.3 Å². The van der Waals surface area contributed by atoms with E-state index in [-0.39, 0.29) is 11.6 Å². The summed E-state index contributed by atoms with van der Waals surface area (Å²) < 4.78 is 13.4. The van der Waals surface area contributed by atoms with Crippen LogP contribution in [0, 0.1) is 15.9 Å². The van der Waals surface area contributed by atoms with Gasteiger partial charge in [0.1, 0.15) is 11.3 Å². The molecule has 0 aliphatic carbocycles. The summed E-state index contributed by atoms with van der Waals surface area (Å²) in [5, 5.41) is 13.9. The lowest BCUT2D eigenvalue weighted by Gasteiger charge is -2.01. The molecular weight excluding hydrogens is 253 g/mol. The Bertz CT molecular complexity index is 651. The molecule has 19 heavy (non-hydrogen) atoms. The van der Waals surface area contributed by atoms with Gasteiger partial charge in [-0.05, 0) is 18.1 Å². The molecule has 0 atom stereocenters. The summed E-state index contributed by atoms with van der Waals surface area (Å²) in [5.74, 6) is -0.809. The lowest BCUT2D eigenvalue weighted by Crippen LogP contribution is -2.22. The summed E-state index contributed by atoms with van der Waals surface area (Å²) in [6.45, 7) is 1.80. The van der Waals surface area contributed by atoms with E-state index in [1.807, 2.05) is 0 Å². The fourth-order valence-electron chi connectivity index (χ4n) is 1.96. The number of nitro groups is 1. The molecule has 0 aliphatic rings. The summed E-state index contributed by atoms with van der Waals surface area (Å²) in [6.07, 6.45) is 2.07. The molecular formula is C12H12FN3O3. The van der Waals surface area contributed by atoms with E-state index in [1.54, 1.807) is 6.20 Å².